The second-order valence-corrected chi connectivity index (χ2v) is 7.75. The lowest BCUT2D eigenvalue weighted by Crippen LogP contribution is -2.24. The van der Waals surface area contributed by atoms with E-state index >= 15 is 0 Å². The highest BCUT2D eigenvalue weighted by Crippen LogP contribution is 2.46. The van der Waals surface area contributed by atoms with Crippen molar-refractivity contribution in [2.24, 2.45) is 5.73 Å². The fourth-order valence-corrected chi connectivity index (χ4v) is 3.35. The van der Waals surface area contributed by atoms with E-state index in [0.717, 1.165) is 23.2 Å². The van der Waals surface area contributed by atoms with Gasteiger partial charge in [0, 0.05) is 11.1 Å². The van der Waals surface area contributed by atoms with Crippen molar-refractivity contribution in [2.45, 2.75) is 45.4 Å². The molecule has 3 N–H and O–H groups in total. The van der Waals surface area contributed by atoms with Crippen molar-refractivity contribution in [1.82, 2.24) is 10.2 Å². The van der Waals surface area contributed by atoms with E-state index in [0.29, 0.717) is 29.6 Å². The molecule has 0 unspecified atom stereocenters. The number of ether oxygens (including phenoxy) is 3. The van der Waals surface area contributed by atoms with Crippen LogP contribution in [0.5, 0.6) is 17.4 Å². The molecular formula is C21H26N4O3. The molecule has 1 aromatic heterocycles. The molecule has 0 fully saturated rings. The highest BCUT2D eigenvalue weighted by molar-refractivity contribution is 5.58. The van der Waals surface area contributed by atoms with Crippen molar-refractivity contribution in [3.8, 4) is 23.4 Å². The lowest BCUT2D eigenvalue weighted by atomic mass is 9.79. The molecule has 28 heavy (non-hydrogen) atoms. The van der Waals surface area contributed by atoms with Crippen LogP contribution >= 0.6 is 0 Å². The number of allylic oxidation sites excluding steroid dienone is 1. The minimum atomic E-state index is -0.407. The summed E-state index contributed by atoms with van der Waals surface area (Å²) in [5, 5.41) is 17.2. The lowest BCUT2D eigenvalue weighted by molar-refractivity contribution is 0.294. The van der Waals surface area contributed by atoms with Gasteiger partial charge >= 0.3 is 0 Å². The van der Waals surface area contributed by atoms with Crippen molar-refractivity contribution < 1.29 is 14.2 Å². The number of hydrogen-bond acceptors (Lipinski definition) is 6. The molecule has 148 valence electrons. The van der Waals surface area contributed by atoms with Gasteiger partial charge in [-0.2, -0.15) is 5.26 Å². The van der Waals surface area contributed by atoms with Gasteiger partial charge in [0.1, 0.15) is 11.6 Å². The van der Waals surface area contributed by atoms with E-state index in [1.54, 1.807) is 7.11 Å². The number of benzene rings is 1. The Hall–Kier alpha value is -3.14. The van der Waals surface area contributed by atoms with Gasteiger partial charge in [-0.3, -0.25) is 5.10 Å². The first-order chi connectivity index (χ1) is 13.3. The van der Waals surface area contributed by atoms with Crippen molar-refractivity contribution >= 4 is 0 Å². The second kappa shape index (κ2) is 7.47. The van der Waals surface area contributed by atoms with Gasteiger partial charge in [0.2, 0.25) is 11.8 Å². The Morgan fingerprint density at radius 1 is 1.32 bits per heavy atom. The Morgan fingerprint density at radius 2 is 2.07 bits per heavy atom. The van der Waals surface area contributed by atoms with Crippen LogP contribution in [0.25, 0.3) is 0 Å². The summed E-state index contributed by atoms with van der Waals surface area (Å²) in [7, 11) is 1.60. The Morgan fingerprint density at radius 3 is 2.68 bits per heavy atom. The summed E-state index contributed by atoms with van der Waals surface area (Å²) in [6.07, 6.45) is 0.899. The average molecular weight is 382 g/mol. The van der Waals surface area contributed by atoms with Crippen LogP contribution in [0, 0.1) is 11.3 Å². The number of fused-ring (bicyclic) bond motifs is 1. The van der Waals surface area contributed by atoms with E-state index in [1.807, 2.05) is 25.1 Å². The van der Waals surface area contributed by atoms with Crippen molar-refractivity contribution in [2.75, 3.05) is 13.7 Å². The SMILES string of the molecule is CCCOc1ccc([C@@H]2C(C#N)=C(N)Oc3n[nH]c(C(C)(C)C)c32)cc1OC. The molecule has 1 aliphatic heterocycles. The smallest absolute Gasteiger partial charge is 0.244 e. The molecule has 1 aromatic carbocycles. The third kappa shape index (κ3) is 3.38. The van der Waals surface area contributed by atoms with Gasteiger partial charge in [-0.25, -0.2) is 0 Å². The first-order valence-corrected chi connectivity index (χ1v) is 9.28. The van der Waals surface area contributed by atoms with Crippen molar-refractivity contribution in [3.05, 3.63) is 46.5 Å². The first kappa shape index (κ1) is 19.6. The zero-order valence-electron chi connectivity index (χ0n) is 16.9. The largest absolute Gasteiger partial charge is 0.493 e. The van der Waals surface area contributed by atoms with Crippen LogP contribution in [0.15, 0.2) is 29.7 Å². The summed E-state index contributed by atoms with van der Waals surface area (Å²) < 4.78 is 16.9. The minimum Gasteiger partial charge on any atom is -0.493 e. The van der Waals surface area contributed by atoms with Crippen LogP contribution in [0.2, 0.25) is 0 Å². The summed E-state index contributed by atoms with van der Waals surface area (Å²) >= 11 is 0. The van der Waals surface area contributed by atoms with E-state index in [9.17, 15) is 5.26 Å². The molecule has 7 nitrogen and oxygen atoms in total. The maximum absolute atomic E-state index is 9.79. The highest BCUT2D eigenvalue weighted by atomic mass is 16.5. The number of aromatic amines is 1. The van der Waals surface area contributed by atoms with Crippen molar-refractivity contribution in [1.29, 1.82) is 5.26 Å². The van der Waals surface area contributed by atoms with Gasteiger partial charge in [0.05, 0.1) is 25.2 Å². The second-order valence-electron chi connectivity index (χ2n) is 7.75. The number of nitrogens with one attached hydrogen (secondary N) is 1. The molecule has 0 aliphatic carbocycles. The number of nitriles is 1. The number of aromatic nitrogens is 2. The number of methoxy groups -OCH3 is 1. The number of nitrogens with zero attached hydrogens (tertiary/aromatic N) is 2. The summed E-state index contributed by atoms with van der Waals surface area (Å²) in [5.74, 6) is 1.33. The third-order valence-electron chi connectivity index (χ3n) is 4.67. The van der Waals surface area contributed by atoms with Crippen LogP contribution in [0.1, 0.15) is 56.9 Å². The Bertz CT molecular complexity index is 948. The van der Waals surface area contributed by atoms with E-state index in [4.69, 9.17) is 19.9 Å². The molecule has 0 spiro atoms. The highest BCUT2D eigenvalue weighted by Gasteiger charge is 2.38. The molecule has 1 aliphatic rings. The molecule has 0 amide bonds. The molecule has 1 atom stereocenters. The van der Waals surface area contributed by atoms with Gasteiger partial charge in [0.15, 0.2) is 11.5 Å². The zero-order chi connectivity index (χ0) is 20.5. The maximum Gasteiger partial charge on any atom is 0.244 e. The Kier molecular flexibility index (Phi) is 5.23. The average Bonchev–Trinajstić information content (AvgIpc) is 3.08. The zero-order valence-corrected chi connectivity index (χ0v) is 16.9. The van der Waals surface area contributed by atoms with Crippen LogP contribution in [-0.4, -0.2) is 23.9 Å². The summed E-state index contributed by atoms with van der Waals surface area (Å²) in [6, 6.07) is 7.89. The standard InChI is InChI=1S/C21H26N4O3/c1-6-9-27-14-8-7-12(10-15(14)26-5)16-13(11-22)19(23)28-20-17(16)18(24-25-20)21(2,3)4/h7-8,10,16H,6,9,23H2,1-5H3,(H,24,25)/t16-/m1/s1. The number of hydrogen-bond donors (Lipinski definition) is 2. The predicted molar refractivity (Wildman–Crippen MR) is 105 cm³/mol. The quantitative estimate of drug-likeness (QED) is 0.816. The van der Waals surface area contributed by atoms with Gasteiger partial charge in [0.25, 0.3) is 0 Å². The van der Waals surface area contributed by atoms with E-state index in [-0.39, 0.29) is 11.3 Å². The third-order valence-corrected chi connectivity index (χ3v) is 4.67. The Balaban J connectivity index is 2.18. The number of rotatable bonds is 5. The maximum atomic E-state index is 9.79. The van der Waals surface area contributed by atoms with Crippen LogP contribution in [0.4, 0.5) is 0 Å². The summed E-state index contributed by atoms with van der Waals surface area (Å²) in [6.45, 7) is 8.88. The monoisotopic (exact) mass is 382 g/mol. The molecule has 2 heterocycles. The molecule has 0 radical (unpaired) electrons. The first-order valence-electron chi connectivity index (χ1n) is 9.28. The lowest BCUT2D eigenvalue weighted by Gasteiger charge is -2.27. The molecule has 0 saturated carbocycles. The summed E-state index contributed by atoms with van der Waals surface area (Å²) in [5.41, 5.74) is 8.75. The minimum absolute atomic E-state index is 0.0669. The number of nitrogens with two attached hydrogens (primary N) is 1. The van der Waals surface area contributed by atoms with Gasteiger partial charge in [-0.1, -0.05) is 33.8 Å². The van der Waals surface area contributed by atoms with E-state index in [2.05, 4.69) is 37.0 Å². The van der Waals surface area contributed by atoms with E-state index < -0.39 is 5.92 Å². The molecule has 2 aromatic rings. The topological polar surface area (TPSA) is 106 Å². The van der Waals surface area contributed by atoms with Crippen LogP contribution in [-0.2, 0) is 5.41 Å². The fourth-order valence-electron chi connectivity index (χ4n) is 3.35. The predicted octanol–water partition coefficient (Wildman–Crippen LogP) is 3.72. The van der Waals surface area contributed by atoms with Gasteiger partial charge in [-0.05, 0) is 24.1 Å². The van der Waals surface area contributed by atoms with Gasteiger partial charge in [-0.15, -0.1) is 5.10 Å². The molecular weight excluding hydrogens is 356 g/mol. The fraction of sp³-hybridized carbons (Fsp3) is 0.429. The van der Waals surface area contributed by atoms with Crippen LogP contribution in [0.3, 0.4) is 0 Å². The van der Waals surface area contributed by atoms with E-state index in [1.165, 1.54) is 0 Å². The number of H-pyrrole nitrogens is 1. The van der Waals surface area contributed by atoms with Crippen molar-refractivity contribution in [3.63, 3.8) is 0 Å². The summed E-state index contributed by atoms with van der Waals surface area (Å²) in [4.78, 5) is 0. The normalized spacial score (nSPS) is 16.2. The molecule has 0 saturated heterocycles. The molecule has 3 rings (SSSR count). The van der Waals surface area contributed by atoms with Gasteiger partial charge < -0.3 is 19.9 Å². The molecule has 7 heteroatoms. The molecule has 0 bridgehead atoms. The Labute approximate surface area is 165 Å². The van der Waals surface area contributed by atoms with Crippen LogP contribution < -0.4 is 19.9 Å².